The lowest BCUT2D eigenvalue weighted by Gasteiger charge is -2.04. The van der Waals surface area contributed by atoms with E-state index in [9.17, 15) is 0 Å². The number of hydrogen-bond acceptors (Lipinski definition) is 3. The third kappa shape index (κ3) is 4.21. The summed E-state index contributed by atoms with van der Waals surface area (Å²) in [5.74, 6) is 0.668. The van der Waals surface area contributed by atoms with E-state index >= 15 is 0 Å². The van der Waals surface area contributed by atoms with E-state index in [-0.39, 0.29) is 0 Å². The summed E-state index contributed by atoms with van der Waals surface area (Å²) in [7, 11) is 0. The molecule has 0 atom stereocenters. The fourth-order valence-corrected chi connectivity index (χ4v) is 1.94. The topological polar surface area (TPSA) is 47.7 Å². The van der Waals surface area contributed by atoms with Crippen LogP contribution >= 0.6 is 0 Å². The Morgan fingerprint density at radius 3 is 2.84 bits per heavy atom. The van der Waals surface area contributed by atoms with Crippen LogP contribution in [0.3, 0.4) is 0 Å². The Morgan fingerprint density at radius 1 is 1.32 bits per heavy atom. The first-order valence-corrected chi connectivity index (χ1v) is 6.90. The highest BCUT2D eigenvalue weighted by molar-refractivity contribution is 5.06. The molecule has 0 spiro atoms. The van der Waals surface area contributed by atoms with Crippen LogP contribution in [0.2, 0.25) is 0 Å². The van der Waals surface area contributed by atoms with Gasteiger partial charge in [0.05, 0.1) is 24.8 Å². The van der Waals surface area contributed by atoms with Gasteiger partial charge in [0.25, 0.3) is 0 Å². The van der Waals surface area contributed by atoms with Gasteiger partial charge in [-0.15, -0.1) is 0 Å². The molecule has 1 N–H and O–H groups in total. The maximum Gasteiger partial charge on any atom is 0.0953 e. The summed E-state index contributed by atoms with van der Waals surface area (Å²) < 4.78 is 4.04. The monoisotopic (exact) mass is 261 g/mol. The largest absolute Gasteiger partial charge is 0.333 e. The number of hydrogen-bond donors (Lipinski definition) is 1. The molecule has 0 unspecified atom stereocenters. The first kappa shape index (κ1) is 13.8. The molecular formula is C14H23N5. The molecule has 0 aliphatic heterocycles. The minimum absolute atomic E-state index is 0.668. The smallest absolute Gasteiger partial charge is 0.0953 e. The van der Waals surface area contributed by atoms with Crippen LogP contribution in [0.1, 0.15) is 32.0 Å². The van der Waals surface area contributed by atoms with Gasteiger partial charge in [0, 0.05) is 31.0 Å². The van der Waals surface area contributed by atoms with Crippen molar-refractivity contribution in [3.63, 3.8) is 0 Å². The van der Waals surface area contributed by atoms with Crippen molar-refractivity contribution in [3.8, 4) is 0 Å². The summed E-state index contributed by atoms with van der Waals surface area (Å²) in [4.78, 5) is 4.41. The number of nitrogens with one attached hydrogen (secondary N) is 1. The molecule has 2 rings (SSSR count). The summed E-state index contributed by atoms with van der Waals surface area (Å²) in [6.45, 7) is 10.1. The summed E-state index contributed by atoms with van der Waals surface area (Å²) >= 11 is 0. The lowest BCUT2D eigenvalue weighted by atomic mass is 10.2. The molecule has 0 aliphatic rings. The van der Waals surface area contributed by atoms with Crippen molar-refractivity contribution in [1.82, 2.24) is 24.6 Å². The standard InChI is InChI=1S/C14H23N5/c1-4-19-9-13(6-17-19)8-18-10-14(16-11-18)7-15-5-12(2)3/h6,9-12,15H,4-5,7-8H2,1-3H3. The van der Waals surface area contributed by atoms with E-state index in [0.29, 0.717) is 5.92 Å². The number of aryl methyl sites for hydroxylation is 1. The molecule has 5 nitrogen and oxygen atoms in total. The van der Waals surface area contributed by atoms with Crippen LogP contribution in [0.15, 0.2) is 24.9 Å². The minimum Gasteiger partial charge on any atom is -0.333 e. The fourth-order valence-electron chi connectivity index (χ4n) is 1.94. The van der Waals surface area contributed by atoms with Crippen molar-refractivity contribution in [1.29, 1.82) is 0 Å². The van der Waals surface area contributed by atoms with Crippen molar-refractivity contribution >= 4 is 0 Å². The van der Waals surface area contributed by atoms with Gasteiger partial charge in [-0.25, -0.2) is 4.98 Å². The van der Waals surface area contributed by atoms with Crippen LogP contribution in [0.5, 0.6) is 0 Å². The van der Waals surface area contributed by atoms with Crippen molar-refractivity contribution in [2.75, 3.05) is 6.54 Å². The molecule has 2 aromatic heterocycles. The molecule has 104 valence electrons. The van der Waals surface area contributed by atoms with Gasteiger partial charge >= 0.3 is 0 Å². The van der Waals surface area contributed by atoms with Crippen LogP contribution in [0, 0.1) is 5.92 Å². The first-order chi connectivity index (χ1) is 9.17. The molecule has 0 radical (unpaired) electrons. The first-order valence-electron chi connectivity index (χ1n) is 6.90. The van der Waals surface area contributed by atoms with Crippen LogP contribution in [-0.2, 0) is 19.6 Å². The summed E-state index contributed by atoms with van der Waals surface area (Å²) in [6, 6.07) is 0. The van der Waals surface area contributed by atoms with Crippen molar-refractivity contribution in [2.45, 2.75) is 40.4 Å². The van der Waals surface area contributed by atoms with E-state index in [4.69, 9.17) is 0 Å². The lowest BCUT2D eigenvalue weighted by molar-refractivity contribution is 0.548. The summed E-state index contributed by atoms with van der Waals surface area (Å²) in [5, 5.41) is 7.68. The van der Waals surface area contributed by atoms with Gasteiger partial charge in [-0.2, -0.15) is 5.10 Å². The second-order valence-corrected chi connectivity index (χ2v) is 5.27. The van der Waals surface area contributed by atoms with Crippen molar-refractivity contribution < 1.29 is 0 Å². The highest BCUT2D eigenvalue weighted by atomic mass is 15.3. The van der Waals surface area contributed by atoms with E-state index in [2.05, 4.69) is 53.1 Å². The Morgan fingerprint density at radius 2 is 2.16 bits per heavy atom. The molecule has 0 aliphatic carbocycles. The minimum atomic E-state index is 0.668. The number of nitrogens with zero attached hydrogens (tertiary/aromatic N) is 4. The molecule has 0 saturated heterocycles. The van der Waals surface area contributed by atoms with Gasteiger partial charge in [0.1, 0.15) is 0 Å². The van der Waals surface area contributed by atoms with Gasteiger partial charge in [-0.3, -0.25) is 4.68 Å². The third-order valence-electron chi connectivity index (χ3n) is 2.92. The second-order valence-electron chi connectivity index (χ2n) is 5.27. The summed E-state index contributed by atoms with van der Waals surface area (Å²) in [5.41, 5.74) is 2.30. The van der Waals surface area contributed by atoms with E-state index in [1.165, 1.54) is 5.56 Å². The highest BCUT2D eigenvalue weighted by Crippen LogP contribution is 2.03. The predicted octanol–water partition coefficient (Wildman–Crippen LogP) is 1.89. The summed E-state index contributed by atoms with van der Waals surface area (Å²) in [6.07, 6.45) is 7.98. The molecule has 0 bridgehead atoms. The van der Waals surface area contributed by atoms with Crippen LogP contribution in [0.25, 0.3) is 0 Å². The van der Waals surface area contributed by atoms with E-state index < -0.39 is 0 Å². The maximum absolute atomic E-state index is 4.41. The molecule has 5 heteroatoms. The zero-order valence-electron chi connectivity index (χ0n) is 12.0. The van der Waals surface area contributed by atoms with Crippen LogP contribution in [-0.4, -0.2) is 25.9 Å². The molecule has 19 heavy (non-hydrogen) atoms. The quantitative estimate of drug-likeness (QED) is 0.828. The highest BCUT2D eigenvalue weighted by Gasteiger charge is 2.02. The molecule has 0 saturated carbocycles. The average Bonchev–Trinajstić information content (AvgIpc) is 2.99. The Balaban J connectivity index is 1.86. The van der Waals surface area contributed by atoms with E-state index in [0.717, 1.165) is 31.9 Å². The molecule has 0 amide bonds. The number of aromatic nitrogens is 4. The Labute approximate surface area is 114 Å². The van der Waals surface area contributed by atoms with Gasteiger partial charge in [0.15, 0.2) is 0 Å². The van der Waals surface area contributed by atoms with Gasteiger partial charge in [0.2, 0.25) is 0 Å². The zero-order valence-corrected chi connectivity index (χ0v) is 12.0. The van der Waals surface area contributed by atoms with Crippen LogP contribution in [0.4, 0.5) is 0 Å². The van der Waals surface area contributed by atoms with Gasteiger partial charge in [-0.1, -0.05) is 13.8 Å². The SMILES string of the molecule is CCn1cc(Cn2cnc(CNCC(C)C)c2)cn1. The Kier molecular flexibility index (Phi) is 4.74. The molecular weight excluding hydrogens is 238 g/mol. The lowest BCUT2D eigenvalue weighted by Crippen LogP contribution is -2.19. The average molecular weight is 261 g/mol. The molecule has 0 fully saturated rings. The van der Waals surface area contributed by atoms with Crippen molar-refractivity contribution in [2.24, 2.45) is 5.92 Å². The third-order valence-corrected chi connectivity index (χ3v) is 2.92. The van der Waals surface area contributed by atoms with Gasteiger partial charge < -0.3 is 9.88 Å². The normalized spacial score (nSPS) is 11.4. The Bertz CT molecular complexity index is 497. The van der Waals surface area contributed by atoms with Gasteiger partial charge in [-0.05, 0) is 19.4 Å². The Hall–Kier alpha value is -1.62. The van der Waals surface area contributed by atoms with E-state index in [1.54, 1.807) is 0 Å². The van der Waals surface area contributed by atoms with E-state index in [1.807, 2.05) is 17.2 Å². The fraction of sp³-hybridized carbons (Fsp3) is 0.571. The number of rotatable bonds is 7. The molecule has 2 heterocycles. The second kappa shape index (κ2) is 6.52. The predicted molar refractivity (Wildman–Crippen MR) is 75.8 cm³/mol. The molecule has 2 aromatic rings. The zero-order chi connectivity index (χ0) is 13.7. The van der Waals surface area contributed by atoms with Crippen molar-refractivity contribution in [3.05, 3.63) is 36.2 Å². The molecule has 0 aromatic carbocycles. The number of imidazole rings is 1. The maximum atomic E-state index is 4.41. The van der Waals surface area contributed by atoms with Crippen LogP contribution < -0.4 is 5.32 Å².